The SMILES string of the molecule is C.C.C.C.CCC(CC(C)c1ccccc1)C(=O)ON=C(C)c1ccc2ccccc2c1. The van der Waals surface area contributed by atoms with E-state index in [1.807, 2.05) is 50.2 Å². The summed E-state index contributed by atoms with van der Waals surface area (Å²) in [5.41, 5.74) is 2.90. The van der Waals surface area contributed by atoms with Crippen molar-refractivity contribution in [1.82, 2.24) is 0 Å². The van der Waals surface area contributed by atoms with Gasteiger partial charge in [-0.1, -0.05) is 115 Å². The number of fused-ring (bicyclic) bond motifs is 1. The van der Waals surface area contributed by atoms with Crippen molar-refractivity contribution in [2.75, 3.05) is 0 Å². The maximum Gasteiger partial charge on any atom is 0.338 e. The van der Waals surface area contributed by atoms with E-state index in [9.17, 15) is 4.79 Å². The molecule has 3 nitrogen and oxygen atoms in total. The van der Waals surface area contributed by atoms with Crippen LogP contribution >= 0.6 is 0 Å². The van der Waals surface area contributed by atoms with Gasteiger partial charge in [0.25, 0.3) is 0 Å². The first-order valence-corrected chi connectivity index (χ1v) is 9.88. The molecule has 0 bridgehead atoms. The zero-order chi connectivity index (χ0) is 19.9. The topological polar surface area (TPSA) is 38.7 Å². The van der Waals surface area contributed by atoms with E-state index in [4.69, 9.17) is 4.84 Å². The van der Waals surface area contributed by atoms with Gasteiger partial charge in [-0.3, -0.25) is 0 Å². The standard InChI is InChI=1S/C25H27NO2.4CH4/c1-4-20(16-18(2)21-10-6-5-7-11-21)25(27)28-26-19(3)23-15-14-22-12-8-9-13-24(22)17-23;;;;/h5-15,17-18,20H,4,16H2,1-3H3;4*1H4. The van der Waals surface area contributed by atoms with Gasteiger partial charge in [-0.05, 0) is 53.6 Å². The number of rotatable bonds is 7. The van der Waals surface area contributed by atoms with Crippen LogP contribution in [-0.4, -0.2) is 11.7 Å². The van der Waals surface area contributed by atoms with Gasteiger partial charge in [-0.2, -0.15) is 0 Å². The number of carbonyl (C=O) groups is 1. The molecular weight excluding hydrogens is 394 g/mol. The van der Waals surface area contributed by atoms with Gasteiger partial charge < -0.3 is 4.84 Å². The van der Waals surface area contributed by atoms with Crippen molar-refractivity contribution in [3.8, 4) is 0 Å². The van der Waals surface area contributed by atoms with E-state index >= 15 is 0 Å². The van der Waals surface area contributed by atoms with Gasteiger partial charge in [0.1, 0.15) is 0 Å². The van der Waals surface area contributed by atoms with Crippen molar-refractivity contribution >= 4 is 22.5 Å². The Morgan fingerprint density at radius 3 is 2.09 bits per heavy atom. The van der Waals surface area contributed by atoms with Crippen LogP contribution in [0.15, 0.2) is 78.0 Å². The van der Waals surface area contributed by atoms with Gasteiger partial charge in [0.15, 0.2) is 0 Å². The Morgan fingerprint density at radius 1 is 0.875 bits per heavy atom. The van der Waals surface area contributed by atoms with Gasteiger partial charge in [0.05, 0.1) is 11.6 Å². The van der Waals surface area contributed by atoms with Crippen LogP contribution < -0.4 is 0 Å². The molecule has 0 spiro atoms. The number of nitrogens with zero attached hydrogens (tertiary/aromatic N) is 1. The average molecular weight is 438 g/mol. The summed E-state index contributed by atoms with van der Waals surface area (Å²) in [4.78, 5) is 17.9. The van der Waals surface area contributed by atoms with Crippen LogP contribution in [0, 0.1) is 5.92 Å². The minimum absolute atomic E-state index is 0. The van der Waals surface area contributed by atoms with E-state index in [0.29, 0.717) is 11.6 Å². The second kappa shape index (κ2) is 15.0. The number of hydrogen-bond acceptors (Lipinski definition) is 3. The van der Waals surface area contributed by atoms with E-state index < -0.39 is 0 Å². The number of carbonyl (C=O) groups excluding carboxylic acids is 1. The van der Waals surface area contributed by atoms with Crippen LogP contribution in [0.4, 0.5) is 0 Å². The van der Waals surface area contributed by atoms with E-state index in [0.717, 1.165) is 23.8 Å². The highest BCUT2D eigenvalue weighted by molar-refractivity contribution is 6.01. The van der Waals surface area contributed by atoms with E-state index in [2.05, 4.69) is 48.5 Å². The molecule has 2 atom stereocenters. The third kappa shape index (κ3) is 7.96. The fourth-order valence-electron chi connectivity index (χ4n) is 3.43. The van der Waals surface area contributed by atoms with Crippen LogP contribution in [0.1, 0.15) is 80.4 Å². The molecule has 0 heterocycles. The second-order valence-electron chi connectivity index (χ2n) is 7.30. The molecule has 0 amide bonds. The van der Waals surface area contributed by atoms with Gasteiger partial charge in [-0.25, -0.2) is 4.79 Å². The Kier molecular flexibility index (Phi) is 14.6. The second-order valence-corrected chi connectivity index (χ2v) is 7.30. The van der Waals surface area contributed by atoms with Crippen LogP contribution in [-0.2, 0) is 9.63 Å². The third-order valence-corrected chi connectivity index (χ3v) is 5.27. The summed E-state index contributed by atoms with van der Waals surface area (Å²) in [5.74, 6) is -0.127. The van der Waals surface area contributed by atoms with Gasteiger partial charge in [0, 0.05) is 0 Å². The molecule has 0 radical (unpaired) electrons. The lowest BCUT2D eigenvalue weighted by atomic mass is 9.89. The van der Waals surface area contributed by atoms with Crippen molar-refractivity contribution in [3.05, 3.63) is 83.9 Å². The van der Waals surface area contributed by atoms with Gasteiger partial charge in [0.2, 0.25) is 0 Å². The molecule has 3 heteroatoms. The molecule has 32 heavy (non-hydrogen) atoms. The Labute approximate surface area is 196 Å². The first-order valence-electron chi connectivity index (χ1n) is 9.88. The minimum atomic E-state index is -0.259. The van der Waals surface area contributed by atoms with Crippen molar-refractivity contribution < 1.29 is 9.63 Å². The summed E-state index contributed by atoms with van der Waals surface area (Å²) in [6.07, 6.45) is 1.49. The van der Waals surface area contributed by atoms with Crippen LogP contribution in [0.2, 0.25) is 0 Å². The normalized spacial score (nSPS) is 12.2. The average Bonchev–Trinajstić information content (AvgIpc) is 2.75. The molecule has 0 saturated carbocycles. The van der Waals surface area contributed by atoms with Crippen molar-refractivity contribution in [3.63, 3.8) is 0 Å². The Hall–Kier alpha value is -2.94. The van der Waals surface area contributed by atoms with Crippen LogP contribution in [0.5, 0.6) is 0 Å². The van der Waals surface area contributed by atoms with E-state index in [1.54, 1.807) is 0 Å². The Balaban J connectivity index is 0. The summed E-state index contributed by atoms with van der Waals surface area (Å²) < 4.78 is 0. The first-order chi connectivity index (χ1) is 13.6. The lowest BCUT2D eigenvalue weighted by Gasteiger charge is -2.17. The molecule has 0 N–H and O–H groups in total. The van der Waals surface area contributed by atoms with Crippen LogP contribution in [0.3, 0.4) is 0 Å². The summed E-state index contributed by atoms with van der Waals surface area (Å²) >= 11 is 0. The summed E-state index contributed by atoms with van der Waals surface area (Å²) in [6.45, 7) is 6.03. The lowest BCUT2D eigenvalue weighted by molar-refractivity contribution is -0.149. The molecule has 0 aromatic heterocycles. The summed E-state index contributed by atoms with van der Waals surface area (Å²) in [6, 6.07) is 24.6. The highest BCUT2D eigenvalue weighted by Gasteiger charge is 2.22. The smallest absolute Gasteiger partial charge is 0.318 e. The quantitative estimate of drug-likeness (QED) is 0.210. The summed E-state index contributed by atoms with van der Waals surface area (Å²) in [7, 11) is 0. The Bertz CT molecular complexity index is 963. The maximum absolute atomic E-state index is 12.6. The monoisotopic (exact) mass is 437 g/mol. The molecular formula is C29H43NO2. The van der Waals surface area contributed by atoms with Gasteiger partial charge in [-0.15, -0.1) is 0 Å². The molecule has 0 fully saturated rings. The molecule has 0 aliphatic rings. The lowest BCUT2D eigenvalue weighted by Crippen LogP contribution is -2.18. The molecule has 0 aliphatic heterocycles. The first kappa shape index (κ1) is 31.2. The fourth-order valence-corrected chi connectivity index (χ4v) is 3.43. The number of hydrogen-bond donors (Lipinski definition) is 0. The van der Waals surface area contributed by atoms with E-state index in [-0.39, 0.29) is 41.6 Å². The molecule has 0 saturated heterocycles. The fraction of sp³-hybridized carbons (Fsp3) is 0.379. The molecule has 2 unspecified atom stereocenters. The molecule has 3 rings (SSSR count). The van der Waals surface area contributed by atoms with Crippen molar-refractivity contribution in [2.24, 2.45) is 11.1 Å². The highest BCUT2D eigenvalue weighted by Crippen LogP contribution is 2.26. The predicted molar refractivity (Wildman–Crippen MR) is 142 cm³/mol. The minimum Gasteiger partial charge on any atom is -0.318 e. The maximum atomic E-state index is 12.6. The Morgan fingerprint density at radius 2 is 1.47 bits per heavy atom. The number of oxime groups is 1. The largest absolute Gasteiger partial charge is 0.338 e. The third-order valence-electron chi connectivity index (χ3n) is 5.27. The molecule has 3 aromatic rings. The van der Waals surface area contributed by atoms with Gasteiger partial charge >= 0.3 is 5.97 Å². The molecule has 176 valence electrons. The van der Waals surface area contributed by atoms with E-state index in [1.165, 1.54) is 10.9 Å². The van der Waals surface area contributed by atoms with Crippen LogP contribution in [0.25, 0.3) is 10.8 Å². The highest BCUT2D eigenvalue weighted by atomic mass is 16.7. The van der Waals surface area contributed by atoms with Crippen molar-refractivity contribution in [2.45, 2.75) is 69.2 Å². The van der Waals surface area contributed by atoms with Crippen molar-refractivity contribution in [1.29, 1.82) is 0 Å². The number of benzene rings is 3. The summed E-state index contributed by atoms with van der Waals surface area (Å²) in [5, 5.41) is 6.44. The molecule has 3 aromatic carbocycles. The molecule has 0 aliphatic carbocycles. The zero-order valence-corrected chi connectivity index (χ0v) is 16.8. The predicted octanol–water partition coefficient (Wildman–Crippen LogP) is 8.87. The zero-order valence-electron chi connectivity index (χ0n) is 16.8.